The summed E-state index contributed by atoms with van der Waals surface area (Å²) in [6.07, 6.45) is 2.43. The van der Waals surface area contributed by atoms with Gasteiger partial charge in [-0.3, -0.25) is 48.1 Å². The van der Waals surface area contributed by atoms with Gasteiger partial charge in [0.25, 0.3) is 81.4 Å². The number of nitrogens with zero attached hydrogens (tertiary/aromatic N) is 6. The van der Waals surface area contributed by atoms with Crippen molar-refractivity contribution in [3.8, 4) is 17.2 Å². The van der Waals surface area contributed by atoms with Crippen molar-refractivity contribution >= 4 is 105 Å². The number of esters is 2. The maximum absolute atomic E-state index is 13.6. The number of aromatic hydroxyl groups is 1. The molecular weight excluding hydrogens is 1790 g/mol. The lowest BCUT2D eigenvalue weighted by Gasteiger charge is -2.24. The maximum atomic E-state index is 13.6. The molecule has 0 saturated heterocycles. The Morgan fingerprint density at radius 3 is 0.864 bits per heavy atom. The fourth-order valence-electron chi connectivity index (χ4n) is 11.9. The Kier molecular flexibility index (Phi) is 33.1. The number of benzene rings is 9. The number of aromatic nitrogens is 2. The molecule has 6 N–H and O–H groups in total. The normalized spacial score (nSPS) is 11.8. The predicted octanol–water partition coefficient (Wildman–Crippen LogP) is 16.1. The van der Waals surface area contributed by atoms with E-state index in [-0.39, 0.29) is 112 Å². The number of hydrogen-bond acceptors (Lipinski definition) is 23. The molecule has 0 fully saturated rings. The van der Waals surface area contributed by atoms with Crippen LogP contribution in [0.15, 0.2) is 275 Å². The molecule has 0 aliphatic carbocycles. The summed E-state index contributed by atoms with van der Waals surface area (Å²) in [5.41, 5.74) is 12.4. The number of rotatable bonds is 17. The molecule has 30 nitrogen and oxygen atoms in total. The van der Waals surface area contributed by atoms with Crippen LogP contribution in [0.1, 0.15) is 229 Å². The molecule has 35 heteroatoms. The first-order valence-corrected chi connectivity index (χ1v) is 46.9. The van der Waals surface area contributed by atoms with Gasteiger partial charge in [-0.15, -0.1) is 13.2 Å². The van der Waals surface area contributed by atoms with Gasteiger partial charge in [0.15, 0.2) is 0 Å². The number of amides is 7. The smallest absolute Gasteiger partial charge is 0.308 e. The molecule has 0 atom stereocenters. The number of ether oxygens (including phenoxy) is 2. The summed E-state index contributed by atoms with van der Waals surface area (Å²) in [7, 11) is -17.6. The van der Waals surface area contributed by atoms with Crippen LogP contribution >= 0.6 is 11.6 Å². The third-order valence-electron chi connectivity index (χ3n) is 19.7. The minimum atomic E-state index is -4.57. The van der Waals surface area contributed by atoms with Crippen LogP contribution < -0.4 is 31.6 Å². The van der Waals surface area contributed by atoms with Crippen molar-refractivity contribution < 1.29 is 91.4 Å². The first kappa shape index (κ1) is 104. The molecule has 0 bridgehead atoms. The average Bonchev–Trinajstić information content (AvgIpc) is 0.787. The van der Waals surface area contributed by atoms with E-state index in [9.17, 15) is 81.9 Å². The zero-order valence-electron chi connectivity index (χ0n) is 76.2. The van der Waals surface area contributed by atoms with E-state index in [2.05, 4.69) is 47.0 Å². The lowest BCUT2D eigenvalue weighted by atomic mass is 9.87. The number of nitrogens with one attached hydrogen (secondary N) is 3. The van der Waals surface area contributed by atoms with Crippen molar-refractivity contribution in [2.45, 2.75) is 178 Å². The van der Waals surface area contributed by atoms with Crippen LogP contribution in [-0.2, 0) is 76.8 Å². The third-order valence-corrected chi connectivity index (χ3v) is 26.3. The lowest BCUT2D eigenvalue weighted by molar-refractivity contribution is -0.132. The average molecular weight is 1890 g/mol. The molecular formula is C97H105ClN10O20S4. The SMILES string of the molecule is CC(=O)Oc1ccc(C(=O)NN(C(=O)c2ccc(OC(C)=O)cc2)S(=O)(=O)c2ccc(C(C)(C)C)cc2)cc1.CC(C)(C)c1ccc(C(=O)N(N)S(=O)(=O)c2ccc(C(C)(C)C)cc2)cc1.Cc1ccc(C(=O)N(NC(=O)c2ccc(Cl)nc2)S(=O)(=O)c2ccc(C(C)(C)C)cc2)cn1.Cc1ccc(C(=O)N(NC(=O)c2ccc(O)cc2)S(=O)(=O)c2ccc(C(C)(C)C)cc2)cc1. The number of nitrogens with two attached hydrogens (primary N) is 1. The Bertz CT molecular complexity index is 6320. The number of hydrazine groups is 4. The number of hydrogen-bond donors (Lipinski definition) is 5. The maximum Gasteiger partial charge on any atom is 0.308 e. The van der Waals surface area contributed by atoms with E-state index >= 15 is 0 Å². The quantitative estimate of drug-likeness (QED) is 0.0141. The lowest BCUT2D eigenvalue weighted by Crippen LogP contribution is -2.49. The van der Waals surface area contributed by atoms with Crippen molar-refractivity contribution in [3.63, 3.8) is 0 Å². The van der Waals surface area contributed by atoms with E-state index in [1.807, 2.05) is 102 Å². The van der Waals surface area contributed by atoms with Crippen LogP contribution in [0.25, 0.3) is 0 Å². The molecule has 9 aromatic carbocycles. The Morgan fingerprint density at radius 2 is 0.568 bits per heavy atom. The highest BCUT2D eigenvalue weighted by Gasteiger charge is 2.38. The van der Waals surface area contributed by atoms with E-state index in [0.717, 1.165) is 33.4 Å². The molecule has 7 amide bonds. The summed E-state index contributed by atoms with van der Waals surface area (Å²) in [6.45, 7) is 36.2. The van der Waals surface area contributed by atoms with Gasteiger partial charge in [-0.2, -0.15) is 38.1 Å². The second-order valence-corrected chi connectivity index (χ2v) is 42.8. The highest BCUT2D eigenvalue weighted by Crippen LogP contribution is 2.32. The van der Waals surface area contributed by atoms with Gasteiger partial charge in [-0.1, -0.05) is 194 Å². The first-order chi connectivity index (χ1) is 61.2. The number of carbonyl (C=O) groups excluding carboxylic acids is 9. The number of phenolic OH excluding ortho intramolecular Hbond substituents is 1. The zero-order chi connectivity index (χ0) is 98.4. The van der Waals surface area contributed by atoms with Crippen LogP contribution in [0.4, 0.5) is 0 Å². The van der Waals surface area contributed by atoms with Crippen LogP contribution in [0.2, 0.25) is 5.15 Å². The van der Waals surface area contributed by atoms with Crippen LogP contribution in [0.3, 0.4) is 0 Å². The Hall–Kier alpha value is -13.6. The van der Waals surface area contributed by atoms with Crippen molar-refractivity contribution in [2.75, 3.05) is 0 Å². The van der Waals surface area contributed by atoms with E-state index in [4.69, 9.17) is 26.9 Å². The minimum Gasteiger partial charge on any atom is -0.508 e. The van der Waals surface area contributed by atoms with Gasteiger partial charge in [0.2, 0.25) is 0 Å². The minimum absolute atomic E-state index is 0.00666. The summed E-state index contributed by atoms with van der Waals surface area (Å²) >= 11 is 5.75. The van der Waals surface area contributed by atoms with Gasteiger partial charge in [0.05, 0.1) is 30.7 Å². The molecule has 0 aliphatic rings. The van der Waals surface area contributed by atoms with Gasteiger partial charge >= 0.3 is 11.9 Å². The predicted molar refractivity (Wildman–Crippen MR) is 499 cm³/mol. The Balaban J connectivity index is 0.000000218. The van der Waals surface area contributed by atoms with Gasteiger partial charge < -0.3 is 14.6 Å². The molecule has 0 aliphatic heterocycles. The first-order valence-electron chi connectivity index (χ1n) is 40.8. The van der Waals surface area contributed by atoms with E-state index in [0.29, 0.717) is 18.9 Å². The van der Waals surface area contributed by atoms with Gasteiger partial charge in [0.1, 0.15) is 22.4 Å². The number of sulfonamides is 4. The molecule has 2 heterocycles. The second kappa shape index (κ2) is 42.1. The van der Waals surface area contributed by atoms with Crippen molar-refractivity contribution in [1.82, 2.24) is 43.9 Å². The number of carbonyl (C=O) groups is 9. The number of aryl methyl sites for hydroxylation is 2. The molecule has 0 unspecified atom stereocenters. The van der Waals surface area contributed by atoms with Crippen molar-refractivity contribution in [1.29, 1.82) is 0 Å². The molecule has 0 saturated carbocycles. The highest BCUT2D eigenvalue weighted by molar-refractivity contribution is 7.90. The molecule has 132 heavy (non-hydrogen) atoms. The fraction of sp³-hybridized carbons (Fsp3) is 0.247. The highest BCUT2D eigenvalue weighted by atomic mass is 35.5. The van der Waals surface area contributed by atoms with Gasteiger partial charge in [-0.25, -0.2) is 27.1 Å². The van der Waals surface area contributed by atoms with Crippen molar-refractivity contribution in [2.24, 2.45) is 5.84 Å². The molecule has 694 valence electrons. The van der Waals surface area contributed by atoms with E-state index in [1.54, 1.807) is 85.8 Å². The summed E-state index contributed by atoms with van der Waals surface area (Å²) in [4.78, 5) is 121. The van der Waals surface area contributed by atoms with Gasteiger partial charge in [0, 0.05) is 59.8 Å². The summed E-state index contributed by atoms with van der Waals surface area (Å²) in [6, 6.07) is 59.5. The summed E-state index contributed by atoms with van der Waals surface area (Å²) in [5, 5.41) is 9.61. The Morgan fingerprint density at radius 1 is 0.318 bits per heavy atom. The largest absolute Gasteiger partial charge is 0.508 e. The van der Waals surface area contributed by atoms with E-state index < -0.39 is 93.4 Å². The van der Waals surface area contributed by atoms with Crippen LogP contribution in [0.5, 0.6) is 17.2 Å². The zero-order valence-corrected chi connectivity index (χ0v) is 80.2. The molecule has 11 aromatic rings. The standard InChI is InChI=1S/C28H28N2O8S.C25H26N2O5S.C23H23ClN4O4S.C21H28N2O3S/c1-18(31)37-23-12-6-20(7-13-23)26(33)29-30(27(34)21-8-14-24(15-9-21)38-19(2)32)39(35,36)25-16-10-22(11-17-25)28(3,4)5;1-17-5-7-19(8-6-17)24(30)27(26-23(29)18-9-13-21(28)14-10-18)33(31,32)22-15-11-20(12-16-22)25(2,3)4;1-15-5-6-17(14-25-15)22(30)28(27-21(29)16-7-12-20(24)26-13-16)33(31,32)19-10-8-18(9-11-19)23(2,3)4;1-20(2,3)16-9-7-15(8-10-16)19(24)23(22)27(25,26)18-13-11-17(12-14-18)21(4,5)6/h6-17H,1-5H3,(H,29,33);5-16,28H,1-4H3,(H,26,29);5-14H,1-4H3,(H,27,29);7-14H,22H2,1-6H3. The number of pyridine rings is 2. The van der Waals surface area contributed by atoms with Crippen LogP contribution in [0, 0.1) is 13.8 Å². The molecule has 11 rings (SSSR count). The number of phenols is 1. The second-order valence-electron chi connectivity index (χ2n) is 35.3. The molecule has 2 aromatic heterocycles. The Labute approximate surface area is 774 Å². The summed E-state index contributed by atoms with van der Waals surface area (Å²) in [5.74, 6) is -1.36. The topological polar surface area (TPSA) is 430 Å². The summed E-state index contributed by atoms with van der Waals surface area (Å²) < 4.78 is 118. The van der Waals surface area contributed by atoms with E-state index in [1.165, 1.54) is 178 Å². The molecule has 0 spiro atoms. The van der Waals surface area contributed by atoms with Gasteiger partial charge in [-0.05, 0) is 239 Å². The van der Waals surface area contributed by atoms with Crippen LogP contribution in [-0.4, -0.2) is 120 Å². The third kappa shape index (κ3) is 27.3. The molecule has 0 radical (unpaired) electrons. The monoisotopic (exact) mass is 1890 g/mol. The fourth-order valence-corrected chi connectivity index (χ4v) is 16.6. The van der Waals surface area contributed by atoms with Crippen molar-refractivity contribution in [3.05, 3.63) is 338 Å². The number of halogens is 1.